The van der Waals surface area contributed by atoms with Crippen LogP contribution in [0.3, 0.4) is 0 Å². The van der Waals surface area contributed by atoms with Crippen LogP contribution in [0.15, 0.2) is 36.4 Å². The Morgan fingerprint density at radius 3 is 2.62 bits per heavy atom. The molecule has 126 valence electrons. The van der Waals surface area contributed by atoms with Gasteiger partial charge in [-0.2, -0.15) is 0 Å². The van der Waals surface area contributed by atoms with Gasteiger partial charge in [0.15, 0.2) is 0 Å². The predicted molar refractivity (Wildman–Crippen MR) is 88.1 cm³/mol. The fourth-order valence-electron chi connectivity index (χ4n) is 3.21. The van der Waals surface area contributed by atoms with Crippen LogP contribution in [0.1, 0.15) is 18.9 Å². The minimum absolute atomic E-state index is 0.199. The summed E-state index contributed by atoms with van der Waals surface area (Å²) in [5.41, 5.74) is 0.999. The number of likely N-dealkylation sites (tertiary alicyclic amines) is 1. The number of cyclic esters (lactones) is 1. The van der Waals surface area contributed by atoms with E-state index < -0.39 is 18.2 Å². The van der Waals surface area contributed by atoms with E-state index in [-0.39, 0.29) is 11.9 Å². The quantitative estimate of drug-likeness (QED) is 0.589. The van der Waals surface area contributed by atoms with Gasteiger partial charge in [0, 0.05) is 0 Å². The number of carbonyl (C=O) groups is 3. The largest absolute Gasteiger partial charge is 0.448 e. The number of nitrogens with zero attached hydrogens (tertiary/aromatic N) is 2. The summed E-state index contributed by atoms with van der Waals surface area (Å²) in [6.07, 6.45) is 4.67. The van der Waals surface area contributed by atoms with Crippen LogP contribution in [0.4, 0.5) is 4.79 Å². The van der Waals surface area contributed by atoms with Crippen molar-refractivity contribution in [2.75, 3.05) is 13.2 Å². The van der Waals surface area contributed by atoms with E-state index >= 15 is 0 Å². The lowest BCUT2D eigenvalue weighted by molar-refractivity contribution is -0.159. The van der Waals surface area contributed by atoms with Gasteiger partial charge in [-0.1, -0.05) is 49.4 Å². The summed E-state index contributed by atoms with van der Waals surface area (Å²) in [6, 6.07) is 8.32. The highest BCUT2D eigenvalue weighted by Crippen LogP contribution is 2.31. The monoisotopic (exact) mass is 328 g/mol. The Hall–Kier alpha value is -2.63. The molecule has 3 atom stereocenters. The van der Waals surface area contributed by atoms with Crippen LogP contribution in [0, 0.1) is 0 Å². The third-order valence-electron chi connectivity index (χ3n) is 4.50. The molecule has 0 spiro atoms. The molecule has 6 nitrogen and oxygen atoms in total. The number of aldehydes is 1. The SMILES string of the molecule is CC[C@@H](C=O)N1C(=O)[C@@H](N2CCOC2=O)[C@H]1/C=C/c1ccccc1. The Balaban J connectivity index is 1.85. The number of benzene rings is 1. The maximum absolute atomic E-state index is 12.6. The summed E-state index contributed by atoms with van der Waals surface area (Å²) in [5, 5.41) is 0. The van der Waals surface area contributed by atoms with Crippen molar-refractivity contribution in [3.8, 4) is 0 Å². The smallest absolute Gasteiger partial charge is 0.410 e. The lowest BCUT2D eigenvalue weighted by Crippen LogP contribution is -2.72. The van der Waals surface area contributed by atoms with Crippen LogP contribution < -0.4 is 0 Å². The third kappa shape index (κ3) is 2.79. The molecular formula is C18H20N2O4. The van der Waals surface area contributed by atoms with Gasteiger partial charge in [0.1, 0.15) is 18.9 Å². The minimum atomic E-state index is -0.589. The average molecular weight is 328 g/mol. The van der Waals surface area contributed by atoms with E-state index in [4.69, 9.17) is 4.74 Å². The lowest BCUT2D eigenvalue weighted by Gasteiger charge is -2.50. The van der Waals surface area contributed by atoms with Gasteiger partial charge in [0.25, 0.3) is 0 Å². The molecule has 2 fully saturated rings. The van der Waals surface area contributed by atoms with Gasteiger partial charge >= 0.3 is 6.09 Å². The molecule has 2 aliphatic heterocycles. The first-order chi connectivity index (χ1) is 11.7. The molecule has 2 saturated heterocycles. The van der Waals surface area contributed by atoms with Crippen molar-refractivity contribution in [2.24, 2.45) is 0 Å². The normalized spacial score (nSPS) is 24.9. The van der Waals surface area contributed by atoms with Crippen LogP contribution in [0.25, 0.3) is 6.08 Å². The fraction of sp³-hybridized carbons (Fsp3) is 0.389. The minimum Gasteiger partial charge on any atom is -0.448 e. The zero-order chi connectivity index (χ0) is 17.1. The predicted octanol–water partition coefficient (Wildman–Crippen LogP) is 1.71. The van der Waals surface area contributed by atoms with Gasteiger partial charge in [-0.3, -0.25) is 9.69 Å². The molecule has 0 N–H and O–H groups in total. The molecule has 2 amide bonds. The number of ether oxygens (including phenoxy) is 1. The number of hydrogen-bond acceptors (Lipinski definition) is 4. The van der Waals surface area contributed by atoms with E-state index in [1.807, 2.05) is 49.4 Å². The Labute approximate surface area is 140 Å². The first-order valence-electron chi connectivity index (χ1n) is 8.11. The van der Waals surface area contributed by atoms with E-state index in [2.05, 4.69) is 0 Å². The summed E-state index contributed by atoms with van der Waals surface area (Å²) in [4.78, 5) is 38.7. The molecule has 0 bridgehead atoms. The van der Waals surface area contributed by atoms with Crippen molar-refractivity contribution < 1.29 is 19.1 Å². The van der Waals surface area contributed by atoms with Crippen molar-refractivity contribution in [2.45, 2.75) is 31.5 Å². The van der Waals surface area contributed by atoms with Gasteiger partial charge in [-0.15, -0.1) is 0 Å². The van der Waals surface area contributed by atoms with Gasteiger partial charge in [-0.25, -0.2) is 4.79 Å². The van der Waals surface area contributed by atoms with Gasteiger partial charge in [0.05, 0.1) is 18.6 Å². The number of hydrogen-bond donors (Lipinski definition) is 0. The highest BCUT2D eigenvalue weighted by molar-refractivity contribution is 5.95. The number of amides is 2. The van der Waals surface area contributed by atoms with E-state index in [0.29, 0.717) is 19.6 Å². The van der Waals surface area contributed by atoms with E-state index in [9.17, 15) is 14.4 Å². The molecule has 0 unspecified atom stereocenters. The van der Waals surface area contributed by atoms with Crippen LogP contribution in [0.2, 0.25) is 0 Å². The van der Waals surface area contributed by atoms with Gasteiger partial charge < -0.3 is 14.4 Å². The molecule has 1 aromatic carbocycles. The van der Waals surface area contributed by atoms with Crippen LogP contribution in [-0.2, 0) is 14.3 Å². The van der Waals surface area contributed by atoms with Crippen LogP contribution in [0.5, 0.6) is 0 Å². The second kappa shape index (κ2) is 6.86. The van der Waals surface area contributed by atoms with Crippen LogP contribution in [-0.4, -0.2) is 59.4 Å². The molecule has 1 aromatic rings. The third-order valence-corrected chi connectivity index (χ3v) is 4.50. The van der Waals surface area contributed by atoms with Crippen molar-refractivity contribution >= 4 is 24.4 Å². The van der Waals surface area contributed by atoms with Crippen molar-refractivity contribution in [3.63, 3.8) is 0 Å². The Morgan fingerprint density at radius 2 is 2.04 bits per heavy atom. The molecular weight excluding hydrogens is 308 g/mol. The maximum atomic E-state index is 12.6. The number of rotatable bonds is 6. The number of carbonyl (C=O) groups excluding carboxylic acids is 3. The molecule has 2 aliphatic rings. The summed E-state index contributed by atoms with van der Waals surface area (Å²) < 4.78 is 4.95. The van der Waals surface area contributed by atoms with Crippen LogP contribution >= 0.6 is 0 Å². The molecule has 2 heterocycles. The molecule has 0 radical (unpaired) electrons. The molecule has 0 aromatic heterocycles. The summed E-state index contributed by atoms with van der Waals surface area (Å²) in [7, 11) is 0. The summed E-state index contributed by atoms with van der Waals surface area (Å²) in [6.45, 7) is 2.56. The highest BCUT2D eigenvalue weighted by atomic mass is 16.6. The second-order valence-corrected chi connectivity index (χ2v) is 5.87. The second-order valence-electron chi connectivity index (χ2n) is 5.87. The Morgan fingerprint density at radius 1 is 1.29 bits per heavy atom. The Kier molecular flexibility index (Phi) is 4.64. The highest BCUT2D eigenvalue weighted by Gasteiger charge is 2.54. The van der Waals surface area contributed by atoms with E-state index in [1.165, 1.54) is 4.90 Å². The average Bonchev–Trinajstić information content (AvgIpc) is 3.02. The first-order valence-corrected chi connectivity index (χ1v) is 8.11. The summed E-state index contributed by atoms with van der Waals surface area (Å²) in [5.74, 6) is -0.199. The topological polar surface area (TPSA) is 66.9 Å². The molecule has 0 saturated carbocycles. The van der Waals surface area contributed by atoms with Crippen molar-refractivity contribution in [1.82, 2.24) is 9.80 Å². The zero-order valence-electron chi connectivity index (χ0n) is 13.5. The van der Waals surface area contributed by atoms with Crippen molar-refractivity contribution in [1.29, 1.82) is 0 Å². The maximum Gasteiger partial charge on any atom is 0.410 e. The molecule has 24 heavy (non-hydrogen) atoms. The lowest BCUT2D eigenvalue weighted by atomic mass is 9.89. The van der Waals surface area contributed by atoms with Gasteiger partial charge in [-0.05, 0) is 12.0 Å². The fourth-order valence-corrected chi connectivity index (χ4v) is 3.21. The first kappa shape index (κ1) is 16.2. The van der Waals surface area contributed by atoms with Gasteiger partial charge in [0.2, 0.25) is 5.91 Å². The van der Waals surface area contributed by atoms with E-state index in [0.717, 1.165) is 11.8 Å². The standard InChI is InChI=1S/C18H20N2O4/c1-2-14(12-21)20-15(9-8-13-6-4-3-5-7-13)16(17(20)22)19-10-11-24-18(19)23/h3-9,12,14-16H,2,10-11H2,1H3/b9-8+/t14-,15+,16-/m0/s1. The molecule has 3 rings (SSSR count). The molecule has 0 aliphatic carbocycles. The van der Waals surface area contributed by atoms with Crippen molar-refractivity contribution in [3.05, 3.63) is 42.0 Å². The number of β-lactam (4-membered cyclic amide) rings is 1. The molecule has 6 heteroatoms. The zero-order valence-corrected chi connectivity index (χ0v) is 13.5. The Bertz CT molecular complexity index is 658. The summed E-state index contributed by atoms with van der Waals surface area (Å²) >= 11 is 0. The van der Waals surface area contributed by atoms with E-state index in [1.54, 1.807) is 4.90 Å².